The molecule has 1 rings (SSSR count). The van der Waals surface area contributed by atoms with Crippen LogP contribution >= 0.6 is 22.6 Å². The maximum Gasteiger partial charge on any atom is 0.137 e. The second-order valence-electron chi connectivity index (χ2n) is 2.45. The first kappa shape index (κ1) is 8.71. The first-order valence-corrected chi connectivity index (χ1v) is 4.64. The number of carbonyl (C=O) groups excluding carboxylic acids is 1. The Morgan fingerprint density at radius 1 is 1.36 bits per heavy atom. The average Bonchev–Trinajstić information content (AvgIpc) is 2.05. The minimum Gasteiger partial charge on any atom is -0.302 e. The molecular formula is C9H9IO. The molecule has 0 aliphatic carbocycles. The lowest BCUT2D eigenvalue weighted by Gasteiger charge is -2.01. The predicted molar refractivity (Wildman–Crippen MR) is 54.0 cm³/mol. The lowest BCUT2D eigenvalue weighted by Crippen LogP contribution is -1.89. The Bertz CT molecular complexity index is 240. The zero-order valence-corrected chi connectivity index (χ0v) is 8.41. The molecular weight excluding hydrogens is 251 g/mol. The first-order valence-electron chi connectivity index (χ1n) is 3.40. The Morgan fingerprint density at radius 2 is 1.91 bits per heavy atom. The number of benzene rings is 1. The quantitative estimate of drug-likeness (QED) is 0.454. The van der Waals surface area contributed by atoms with Gasteiger partial charge in [-0.2, -0.15) is 0 Å². The summed E-state index contributed by atoms with van der Waals surface area (Å²) in [6.07, 6.45) is 0.950. The van der Waals surface area contributed by atoms with Gasteiger partial charge < -0.3 is 4.79 Å². The molecule has 1 aromatic rings. The van der Waals surface area contributed by atoms with Crippen molar-refractivity contribution in [2.75, 3.05) is 0 Å². The molecule has 0 heterocycles. The first-order chi connectivity index (χ1) is 5.24. The summed E-state index contributed by atoms with van der Waals surface area (Å²) in [5.74, 6) is 0. The number of aldehydes is 1. The number of aryl methyl sites for hydroxylation is 1. The van der Waals surface area contributed by atoms with Crippen molar-refractivity contribution in [3.05, 3.63) is 35.4 Å². The Balaban J connectivity index is 2.89. The lowest BCUT2D eigenvalue weighted by molar-refractivity contribution is -0.107. The van der Waals surface area contributed by atoms with Gasteiger partial charge in [0.05, 0.1) is 3.92 Å². The van der Waals surface area contributed by atoms with E-state index in [0.717, 1.165) is 11.8 Å². The molecule has 1 atom stereocenters. The molecule has 0 fully saturated rings. The van der Waals surface area contributed by atoms with Crippen LogP contribution in [0.3, 0.4) is 0 Å². The highest BCUT2D eigenvalue weighted by atomic mass is 127. The van der Waals surface area contributed by atoms with Gasteiger partial charge in [-0.15, -0.1) is 0 Å². The fourth-order valence-electron chi connectivity index (χ4n) is 0.829. The van der Waals surface area contributed by atoms with Crippen LogP contribution in [-0.2, 0) is 4.79 Å². The molecule has 0 saturated carbocycles. The highest BCUT2D eigenvalue weighted by Gasteiger charge is 2.02. The van der Waals surface area contributed by atoms with E-state index >= 15 is 0 Å². The zero-order valence-electron chi connectivity index (χ0n) is 6.25. The third-order valence-corrected chi connectivity index (χ3v) is 2.53. The van der Waals surface area contributed by atoms with Crippen molar-refractivity contribution in [1.29, 1.82) is 0 Å². The van der Waals surface area contributed by atoms with Crippen molar-refractivity contribution in [3.8, 4) is 0 Å². The smallest absolute Gasteiger partial charge is 0.137 e. The van der Waals surface area contributed by atoms with Gasteiger partial charge in [-0.25, -0.2) is 0 Å². The number of hydrogen-bond acceptors (Lipinski definition) is 1. The summed E-state index contributed by atoms with van der Waals surface area (Å²) in [6, 6.07) is 8.01. The maximum atomic E-state index is 10.4. The van der Waals surface area contributed by atoms with E-state index in [0.29, 0.717) is 0 Å². The van der Waals surface area contributed by atoms with E-state index in [1.54, 1.807) is 0 Å². The monoisotopic (exact) mass is 260 g/mol. The van der Waals surface area contributed by atoms with Crippen LogP contribution in [0.5, 0.6) is 0 Å². The molecule has 58 valence electrons. The summed E-state index contributed by atoms with van der Waals surface area (Å²) >= 11 is 2.12. The van der Waals surface area contributed by atoms with Gasteiger partial charge >= 0.3 is 0 Å². The topological polar surface area (TPSA) is 17.1 Å². The summed E-state index contributed by atoms with van der Waals surface area (Å²) in [4.78, 5) is 10.4. The van der Waals surface area contributed by atoms with Gasteiger partial charge in [0.25, 0.3) is 0 Å². The standard InChI is InChI=1S/C9H9IO/c1-7-2-4-8(5-3-7)9(10)6-11/h2-6,9H,1H3. The molecule has 0 saturated heterocycles. The van der Waals surface area contributed by atoms with Crippen molar-refractivity contribution < 1.29 is 4.79 Å². The highest BCUT2D eigenvalue weighted by Crippen LogP contribution is 2.20. The van der Waals surface area contributed by atoms with E-state index in [2.05, 4.69) is 22.6 Å². The summed E-state index contributed by atoms with van der Waals surface area (Å²) in [7, 11) is 0. The second-order valence-corrected chi connectivity index (χ2v) is 3.79. The molecule has 1 aromatic carbocycles. The minimum absolute atomic E-state index is 0.00630. The predicted octanol–water partition coefficient (Wildman–Crippen LogP) is 2.67. The third kappa shape index (κ3) is 2.29. The van der Waals surface area contributed by atoms with E-state index in [9.17, 15) is 4.79 Å². The van der Waals surface area contributed by atoms with Crippen molar-refractivity contribution in [2.45, 2.75) is 10.8 Å². The van der Waals surface area contributed by atoms with Gasteiger partial charge in [0, 0.05) is 0 Å². The molecule has 1 unspecified atom stereocenters. The van der Waals surface area contributed by atoms with Crippen LogP contribution < -0.4 is 0 Å². The Hall–Kier alpha value is -0.380. The highest BCUT2D eigenvalue weighted by molar-refractivity contribution is 14.1. The Morgan fingerprint density at radius 3 is 2.36 bits per heavy atom. The van der Waals surface area contributed by atoms with Crippen molar-refractivity contribution in [2.24, 2.45) is 0 Å². The molecule has 0 N–H and O–H groups in total. The molecule has 0 amide bonds. The Kier molecular flexibility index (Phi) is 3.05. The number of rotatable bonds is 2. The largest absolute Gasteiger partial charge is 0.302 e. The molecule has 1 nitrogen and oxygen atoms in total. The Labute approximate surface area is 79.9 Å². The van der Waals surface area contributed by atoms with Crippen LogP contribution in [0.2, 0.25) is 0 Å². The van der Waals surface area contributed by atoms with Gasteiger partial charge in [0.2, 0.25) is 0 Å². The van der Waals surface area contributed by atoms with Gasteiger partial charge in [-0.1, -0.05) is 52.4 Å². The molecule has 11 heavy (non-hydrogen) atoms. The molecule has 0 spiro atoms. The third-order valence-electron chi connectivity index (χ3n) is 1.52. The van der Waals surface area contributed by atoms with Crippen molar-refractivity contribution >= 4 is 28.9 Å². The van der Waals surface area contributed by atoms with E-state index in [4.69, 9.17) is 0 Å². The number of hydrogen-bond donors (Lipinski definition) is 0. The van der Waals surface area contributed by atoms with E-state index in [1.165, 1.54) is 5.56 Å². The molecule has 0 aliphatic heterocycles. The number of alkyl halides is 1. The second kappa shape index (κ2) is 3.85. The molecule has 0 aromatic heterocycles. The fraction of sp³-hybridized carbons (Fsp3) is 0.222. The van der Waals surface area contributed by atoms with Crippen LogP contribution in [0.25, 0.3) is 0 Å². The lowest BCUT2D eigenvalue weighted by atomic mass is 10.1. The van der Waals surface area contributed by atoms with E-state index in [1.807, 2.05) is 31.2 Å². The average molecular weight is 260 g/mol. The number of carbonyl (C=O) groups is 1. The normalized spacial score (nSPS) is 12.5. The van der Waals surface area contributed by atoms with Crippen LogP contribution in [0.15, 0.2) is 24.3 Å². The molecule has 0 radical (unpaired) electrons. The SMILES string of the molecule is Cc1ccc(C(I)C=O)cc1. The van der Waals surface area contributed by atoms with Crippen molar-refractivity contribution in [1.82, 2.24) is 0 Å². The summed E-state index contributed by atoms with van der Waals surface area (Å²) < 4.78 is -0.00630. The van der Waals surface area contributed by atoms with Gasteiger partial charge in [-0.3, -0.25) is 0 Å². The van der Waals surface area contributed by atoms with Crippen molar-refractivity contribution in [3.63, 3.8) is 0 Å². The molecule has 0 aliphatic rings. The van der Waals surface area contributed by atoms with E-state index in [-0.39, 0.29) is 3.92 Å². The van der Waals surface area contributed by atoms with Crippen LogP contribution in [0.1, 0.15) is 15.1 Å². The summed E-state index contributed by atoms with van der Waals surface area (Å²) in [5.41, 5.74) is 2.30. The van der Waals surface area contributed by atoms with Gasteiger partial charge in [-0.05, 0) is 12.5 Å². The maximum absolute atomic E-state index is 10.4. The molecule has 0 bridgehead atoms. The zero-order chi connectivity index (χ0) is 8.27. The summed E-state index contributed by atoms with van der Waals surface area (Å²) in [6.45, 7) is 2.03. The molecule has 2 heteroatoms. The van der Waals surface area contributed by atoms with Gasteiger partial charge in [0.15, 0.2) is 0 Å². The summed E-state index contributed by atoms with van der Waals surface area (Å²) in [5, 5.41) is 0. The van der Waals surface area contributed by atoms with E-state index < -0.39 is 0 Å². The minimum atomic E-state index is -0.00630. The number of halogens is 1. The van der Waals surface area contributed by atoms with Crippen LogP contribution in [-0.4, -0.2) is 6.29 Å². The van der Waals surface area contributed by atoms with Gasteiger partial charge in [0.1, 0.15) is 6.29 Å². The van der Waals surface area contributed by atoms with Crippen LogP contribution in [0, 0.1) is 6.92 Å². The van der Waals surface area contributed by atoms with Crippen LogP contribution in [0.4, 0.5) is 0 Å². The fourth-order valence-corrected chi connectivity index (χ4v) is 1.24.